The van der Waals surface area contributed by atoms with Gasteiger partial charge in [0.1, 0.15) is 0 Å². The first-order chi connectivity index (χ1) is 8.12. The van der Waals surface area contributed by atoms with E-state index in [0.29, 0.717) is 13.0 Å². The van der Waals surface area contributed by atoms with Gasteiger partial charge in [-0.25, -0.2) is 4.98 Å². The van der Waals surface area contributed by atoms with Crippen LogP contribution in [0, 0.1) is 16.7 Å². The highest BCUT2D eigenvalue weighted by Gasteiger charge is 2.43. The van der Waals surface area contributed by atoms with E-state index >= 15 is 0 Å². The lowest BCUT2D eigenvalue weighted by atomic mass is 10.0. The zero-order valence-corrected chi connectivity index (χ0v) is 10.2. The molecule has 0 spiro atoms. The van der Waals surface area contributed by atoms with Crippen molar-refractivity contribution >= 4 is 11.6 Å². The average Bonchev–Trinajstić information content (AvgIpc) is 3.04. The molecule has 17 heavy (non-hydrogen) atoms. The molecule has 0 aromatic carbocycles. The van der Waals surface area contributed by atoms with Crippen LogP contribution in [-0.4, -0.2) is 16.7 Å². The van der Waals surface area contributed by atoms with Crippen molar-refractivity contribution in [1.82, 2.24) is 9.55 Å². The van der Waals surface area contributed by atoms with Crippen LogP contribution in [0.5, 0.6) is 5.75 Å². The molecule has 0 radical (unpaired) electrons. The van der Waals surface area contributed by atoms with E-state index in [0.717, 1.165) is 12.8 Å². The van der Waals surface area contributed by atoms with Crippen molar-refractivity contribution in [2.75, 3.05) is 7.11 Å². The number of nitrogens with zero attached hydrogens (tertiary/aromatic N) is 3. The fourth-order valence-corrected chi connectivity index (χ4v) is 2.03. The lowest BCUT2D eigenvalue weighted by Gasteiger charge is -2.13. The maximum absolute atomic E-state index is 12.0. The van der Waals surface area contributed by atoms with Crippen molar-refractivity contribution in [3.8, 4) is 11.8 Å². The molecule has 5 nitrogen and oxygen atoms in total. The van der Waals surface area contributed by atoms with Gasteiger partial charge in [0.05, 0.1) is 19.5 Å². The van der Waals surface area contributed by atoms with Crippen LogP contribution in [0.2, 0.25) is 5.15 Å². The summed E-state index contributed by atoms with van der Waals surface area (Å²) in [5, 5.41) is 8.80. The Hall–Kier alpha value is -1.54. The molecule has 1 saturated carbocycles. The molecule has 1 aromatic heterocycles. The van der Waals surface area contributed by atoms with E-state index in [1.807, 2.05) is 0 Å². The second-order valence-electron chi connectivity index (χ2n) is 4.34. The SMILES string of the molecule is COc1c(Cl)ncn(CC2(CC#N)CC2)c1=O. The molecule has 1 fully saturated rings. The standard InChI is InChI=1S/C11H12ClN3O2/c1-17-8-9(12)14-7-15(10(8)16)6-11(2-3-11)4-5-13/h7H,2-4,6H2,1H3. The Morgan fingerprint density at radius 1 is 1.71 bits per heavy atom. The quantitative estimate of drug-likeness (QED) is 0.765. The Labute approximate surface area is 104 Å². The van der Waals surface area contributed by atoms with E-state index in [4.69, 9.17) is 21.6 Å². The summed E-state index contributed by atoms with van der Waals surface area (Å²) in [5.41, 5.74) is -0.351. The van der Waals surface area contributed by atoms with Gasteiger partial charge < -0.3 is 4.74 Å². The molecule has 0 atom stereocenters. The average molecular weight is 254 g/mol. The van der Waals surface area contributed by atoms with Crippen molar-refractivity contribution in [2.24, 2.45) is 5.41 Å². The summed E-state index contributed by atoms with van der Waals surface area (Å²) >= 11 is 5.75. The molecule has 0 aliphatic heterocycles. The van der Waals surface area contributed by atoms with Crippen LogP contribution in [0.15, 0.2) is 11.1 Å². The number of hydrogen-bond donors (Lipinski definition) is 0. The van der Waals surface area contributed by atoms with E-state index in [1.54, 1.807) is 0 Å². The van der Waals surface area contributed by atoms with Crippen LogP contribution < -0.4 is 10.3 Å². The molecule has 0 unspecified atom stereocenters. The summed E-state index contributed by atoms with van der Waals surface area (Å²) < 4.78 is 6.39. The van der Waals surface area contributed by atoms with Crippen molar-refractivity contribution in [2.45, 2.75) is 25.8 Å². The smallest absolute Gasteiger partial charge is 0.297 e. The van der Waals surface area contributed by atoms with E-state index in [-0.39, 0.29) is 21.9 Å². The van der Waals surface area contributed by atoms with Crippen LogP contribution in [0.3, 0.4) is 0 Å². The largest absolute Gasteiger partial charge is 0.489 e. The van der Waals surface area contributed by atoms with Gasteiger partial charge in [0.15, 0.2) is 5.15 Å². The highest BCUT2D eigenvalue weighted by Crippen LogP contribution is 2.49. The fourth-order valence-electron chi connectivity index (χ4n) is 1.83. The highest BCUT2D eigenvalue weighted by molar-refractivity contribution is 6.30. The second-order valence-corrected chi connectivity index (χ2v) is 4.69. The maximum Gasteiger partial charge on any atom is 0.297 e. The Balaban J connectivity index is 2.29. The monoisotopic (exact) mass is 253 g/mol. The van der Waals surface area contributed by atoms with E-state index in [9.17, 15) is 4.79 Å². The number of hydrogen-bond acceptors (Lipinski definition) is 4. The molecular formula is C11H12ClN3O2. The summed E-state index contributed by atoms with van der Waals surface area (Å²) in [6.45, 7) is 0.500. The molecule has 90 valence electrons. The number of halogens is 1. The maximum atomic E-state index is 12.0. The molecule has 1 heterocycles. The van der Waals surface area contributed by atoms with Gasteiger partial charge in [0.25, 0.3) is 5.56 Å². The van der Waals surface area contributed by atoms with Gasteiger partial charge in [-0.05, 0) is 12.8 Å². The first-order valence-electron chi connectivity index (χ1n) is 5.28. The third kappa shape index (κ3) is 2.27. The molecule has 0 saturated heterocycles. The van der Waals surface area contributed by atoms with Gasteiger partial charge >= 0.3 is 0 Å². The Kier molecular flexibility index (Phi) is 3.07. The van der Waals surface area contributed by atoms with E-state index < -0.39 is 0 Å². The van der Waals surface area contributed by atoms with Gasteiger partial charge in [-0.15, -0.1) is 0 Å². The first kappa shape index (κ1) is 11.9. The Morgan fingerprint density at radius 3 is 2.94 bits per heavy atom. The van der Waals surface area contributed by atoms with Crippen molar-refractivity contribution in [3.63, 3.8) is 0 Å². The summed E-state index contributed by atoms with van der Waals surface area (Å²) in [4.78, 5) is 15.9. The summed E-state index contributed by atoms with van der Waals surface area (Å²) in [6, 6.07) is 2.16. The predicted octanol–water partition coefficient (Wildman–Crippen LogP) is 1.60. The number of nitriles is 1. The second kappa shape index (κ2) is 4.38. The predicted molar refractivity (Wildman–Crippen MR) is 62.0 cm³/mol. The third-order valence-electron chi connectivity index (χ3n) is 3.07. The van der Waals surface area contributed by atoms with Gasteiger partial charge in [0.2, 0.25) is 5.75 Å². The highest BCUT2D eigenvalue weighted by atomic mass is 35.5. The van der Waals surface area contributed by atoms with Crippen molar-refractivity contribution < 1.29 is 4.74 Å². The number of ether oxygens (including phenoxy) is 1. The fraction of sp³-hybridized carbons (Fsp3) is 0.545. The zero-order valence-electron chi connectivity index (χ0n) is 9.44. The minimum Gasteiger partial charge on any atom is -0.489 e. The number of methoxy groups -OCH3 is 1. The molecule has 2 rings (SSSR count). The third-order valence-corrected chi connectivity index (χ3v) is 3.34. The van der Waals surface area contributed by atoms with Crippen LogP contribution in [0.1, 0.15) is 19.3 Å². The molecule has 1 aromatic rings. The number of rotatable bonds is 4. The van der Waals surface area contributed by atoms with Crippen LogP contribution in [0.4, 0.5) is 0 Å². The first-order valence-corrected chi connectivity index (χ1v) is 5.65. The normalized spacial score (nSPS) is 16.3. The summed E-state index contributed by atoms with van der Waals surface area (Å²) in [5.74, 6) is 0.0573. The molecular weight excluding hydrogens is 242 g/mol. The van der Waals surface area contributed by atoms with Gasteiger partial charge in [-0.1, -0.05) is 11.6 Å². The van der Waals surface area contributed by atoms with E-state index in [2.05, 4.69) is 11.1 Å². The molecule has 1 aliphatic rings. The zero-order chi connectivity index (χ0) is 12.5. The summed E-state index contributed by atoms with van der Waals surface area (Å²) in [7, 11) is 1.39. The van der Waals surface area contributed by atoms with Crippen LogP contribution >= 0.6 is 11.6 Å². The summed E-state index contributed by atoms with van der Waals surface area (Å²) in [6.07, 6.45) is 3.81. The molecule has 0 bridgehead atoms. The van der Waals surface area contributed by atoms with Crippen molar-refractivity contribution in [3.05, 3.63) is 21.8 Å². The topological polar surface area (TPSA) is 67.9 Å². The van der Waals surface area contributed by atoms with E-state index in [1.165, 1.54) is 18.0 Å². The molecule has 0 N–H and O–H groups in total. The Bertz CT molecular complexity index is 528. The minimum atomic E-state index is -0.295. The molecule has 6 heteroatoms. The molecule has 1 aliphatic carbocycles. The van der Waals surface area contributed by atoms with Gasteiger partial charge in [-0.2, -0.15) is 5.26 Å². The minimum absolute atomic E-state index is 0.0565. The van der Waals surface area contributed by atoms with Crippen LogP contribution in [-0.2, 0) is 6.54 Å². The lowest BCUT2D eigenvalue weighted by molar-refractivity contribution is 0.379. The number of aromatic nitrogens is 2. The lowest BCUT2D eigenvalue weighted by Crippen LogP contribution is -2.26. The Morgan fingerprint density at radius 2 is 2.41 bits per heavy atom. The van der Waals surface area contributed by atoms with Crippen molar-refractivity contribution in [1.29, 1.82) is 5.26 Å². The molecule has 0 amide bonds. The van der Waals surface area contributed by atoms with Crippen LogP contribution in [0.25, 0.3) is 0 Å². The van der Waals surface area contributed by atoms with Gasteiger partial charge in [0, 0.05) is 18.4 Å². The van der Waals surface area contributed by atoms with Gasteiger partial charge in [-0.3, -0.25) is 9.36 Å².